The van der Waals surface area contributed by atoms with Crippen molar-refractivity contribution in [1.29, 1.82) is 0 Å². The second-order valence-electron chi connectivity index (χ2n) is 23.0. The van der Waals surface area contributed by atoms with Crippen LogP contribution in [0.5, 0.6) is 11.5 Å². The van der Waals surface area contributed by atoms with E-state index >= 15 is 0 Å². The molecule has 7 nitrogen and oxygen atoms in total. The third kappa shape index (κ3) is 8.14. The molecule has 0 atom stereocenters. The molecule has 0 amide bonds. The minimum atomic E-state index is -0.257. The van der Waals surface area contributed by atoms with Crippen molar-refractivity contribution in [3.63, 3.8) is 0 Å². The molecular weight excluding hydrogens is 1100 g/mol. The Hall–Kier alpha value is -11.2. The largest absolute Gasteiger partial charge is 0.457 e. The molecule has 0 saturated carbocycles. The topological polar surface area (TPSA) is 40.0 Å². The van der Waals surface area contributed by atoms with Gasteiger partial charge in [0.2, 0.25) is 6.71 Å². The van der Waals surface area contributed by atoms with Gasteiger partial charge in [0.25, 0.3) is 6.71 Å². The van der Waals surface area contributed by atoms with Crippen LogP contribution in [0, 0.1) is 0 Å². The molecule has 5 heterocycles. The van der Waals surface area contributed by atoms with Gasteiger partial charge in [-0.1, -0.05) is 199 Å². The minimum absolute atomic E-state index is 0.199. The van der Waals surface area contributed by atoms with E-state index < -0.39 is 0 Å². The summed E-state index contributed by atoms with van der Waals surface area (Å²) in [5.74, 6) is 2.40. The smallest absolute Gasteiger partial charge is 0.256 e. The van der Waals surface area contributed by atoms with Crippen LogP contribution in [0.3, 0.4) is 0 Å². The quantitative estimate of drug-likeness (QED) is 0.126. The highest BCUT2D eigenvalue weighted by Crippen LogP contribution is 2.53. The predicted octanol–water partition coefficient (Wildman–Crippen LogP) is 16.8. The zero-order valence-corrected chi connectivity index (χ0v) is 49.0. The highest BCUT2D eigenvalue weighted by atomic mass is 32.2. The van der Waals surface area contributed by atoms with Gasteiger partial charge in [0, 0.05) is 84.1 Å². The predicted molar refractivity (Wildman–Crippen MR) is 372 cm³/mol. The molecule has 0 fully saturated rings. The Labute approximate surface area is 521 Å². The third-order valence-corrected chi connectivity index (χ3v) is 19.2. The number of anilines is 12. The molecule has 416 valence electrons. The molecule has 1 aromatic heterocycles. The molecule has 0 saturated heterocycles. The van der Waals surface area contributed by atoms with Gasteiger partial charge in [0.1, 0.15) is 11.5 Å². The molecule has 14 aromatic rings. The Kier molecular flexibility index (Phi) is 11.9. The normalized spacial score (nSPS) is 12.9. The van der Waals surface area contributed by atoms with Gasteiger partial charge in [0.15, 0.2) is 5.82 Å². The van der Waals surface area contributed by atoms with Crippen molar-refractivity contribution in [2.24, 2.45) is 0 Å². The van der Waals surface area contributed by atoms with Gasteiger partial charge in [-0.05, 0) is 155 Å². The molecule has 10 heteroatoms. The number of rotatable bonds is 10. The molecule has 0 radical (unpaired) electrons. The third-order valence-electron chi connectivity index (χ3n) is 18.0. The van der Waals surface area contributed by atoms with Crippen molar-refractivity contribution < 1.29 is 4.74 Å². The maximum atomic E-state index is 8.10. The first-order chi connectivity index (χ1) is 44.2. The standard InChI is InChI=1S/C79H52B2N6OS/c1-8-28-53(29-9-1)83(54-30-10-2-11-31-54)60-48-70-75-72(50-60)88-77-64(80(75)62-42-22-25-45-67(62)85(70)57-36-16-5-17-37-57)52-65-78(74(77)79-82-66-44-24-27-47-69(66)87(79)59-40-20-7-21-41-59)89-73-51-61(84(55-32-12-3-13-33-55)56-34-14-4-15-35-56)49-71-76(73)81(65)63-43-23-26-46-68(63)86(71)58-38-18-6-19-39-58/h1-52H. The number of fused-ring (bicyclic) bond motifs is 9. The van der Waals surface area contributed by atoms with Crippen molar-refractivity contribution >= 4 is 137 Å². The van der Waals surface area contributed by atoms with Crippen LogP contribution in [-0.4, -0.2) is 23.0 Å². The van der Waals surface area contributed by atoms with E-state index in [2.05, 4.69) is 340 Å². The van der Waals surface area contributed by atoms with Crippen molar-refractivity contribution in [2.45, 2.75) is 9.79 Å². The Morgan fingerprint density at radius 3 is 1.30 bits per heavy atom. The lowest BCUT2D eigenvalue weighted by Crippen LogP contribution is -2.63. The summed E-state index contributed by atoms with van der Waals surface area (Å²) < 4.78 is 10.5. The van der Waals surface area contributed by atoms with E-state index in [1.54, 1.807) is 0 Å². The van der Waals surface area contributed by atoms with Crippen molar-refractivity contribution in [3.8, 4) is 28.6 Å². The molecule has 0 spiro atoms. The van der Waals surface area contributed by atoms with Crippen LogP contribution in [0.15, 0.2) is 325 Å². The Morgan fingerprint density at radius 2 is 0.775 bits per heavy atom. The fraction of sp³-hybridized carbons (Fsp3) is 0. The van der Waals surface area contributed by atoms with Gasteiger partial charge in [-0.25, -0.2) is 4.98 Å². The summed E-state index contributed by atoms with van der Waals surface area (Å²) in [5.41, 5.74) is 23.9. The molecule has 13 aromatic carbocycles. The van der Waals surface area contributed by atoms with Crippen molar-refractivity contribution in [3.05, 3.63) is 315 Å². The maximum absolute atomic E-state index is 8.10. The van der Waals surface area contributed by atoms with E-state index in [9.17, 15) is 0 Å². The molecule has 0 N–H and O–H groups in total. The highest BCUT2D eigenvalue weighted by Gasteiger charge is 2.49. The van der Waals surface area contributed by atoms with Crippen LogP contribution in [0.2, 0.25) is 0 Å². The number of hydrogen-bond donors (Lipinski definition) is 0. The van der Waals surface area contributed by atoms with Crippen molar-refractivity contribution in [1.82, 2.24) is 9.55 Å². The van der Waals surface area contributed by atoms with E-state index in [1.807, 2.05) is 11.8 Å². The Bertz CT molecular complexity index is 4720. The van der Waals surface area contributed by atoms with Crippen LogP contribution in [-0.2, 0) is 0 Å². The molecule has 0 unspecified atom stereocenters. The van der Waals surface area contributed by atoms with Crippen LogP contribution in [0.25, 0.3) is 28.1 Å². The summed E-state index contributed by atoms with van der Waals surface area (Å²) >= 11 is 1.84. The molecule has 4 aliphatic heterocycles. The molecule has 0 aliphatic carbocycles. The number of nitrogens with zero attached hydrogens (tertiary/aromatic N) is 6. The van der Waals surface area contributed by atoms with Crippen molar-refractivity contribution in [2.75, 3.05) is 19.6 Å². The number of ether oxygens (including phenoxy) is 1. The van der Waals surface area contributed by atoms with E-state index in [0.717, 1.165) is 129 Å². The number of aromatic nitrogens is 2. The fourth-order valence-corrected chi connectivity index (χ4v) is 15.7. The average molecular weight is 1160 g/mol. The first kappa shape index (κ1) is 51.1. The van der Waals surface area contributed by atoms with Gasteiger partial charge in [-0.15, -0.1) is 0 Å². The van der Waals surface area contributed by atoms with Crippen LogP contribution in [0.1, 0.15) is 0 Å². The summed E-state index contributed by atoms with van der Waals surface area (Å²) in [6.45, 7) is -0.456. The van der Waals surface area contributed by atoms with Gasteiger partial charge in [0.05, 0.1) is 22.3 Å². The number of benzene rings is 13. The van der Waals surface area contributed by atoms with E-state index in [-0.39, 0.29) is 13.4 Å². The lowest BCUT2D eigenvalue weighted by molar-refractivity contribution is 0.488. The molecule has 0 bridgehead atoms. The average Bonchev–Trinajstić information content (AvgIpc) is 1.40. The molecule has 89 heavy (non-hydrogen) atoms. The fourth-order valence-electron chi connectivity index (χ4n) is 14.4. The van der Waals surface area contributed by atoms with Crippen LogP contribution < -0.4 is 57.1 Å². The van der Waals surface area contributed by atoms with E-state index in [1.165, 1.54) is 21.9 Å². The number of para-hydroxylation sites is 11. The van der Waals surface area contributed by atoms with E-state index in [4.69, 9.17) is 9.72 Å². The number of hydrogen-bond acceptors (Lipinski definition) is 7. The molecular formula is C79H52B2N6OS. The lowest BCUT2D eigenvalue weighted by Gasteiger charge is -2.43. The zero-order chi connectivity index (χ0) is 58.5. The van der Waals surface area contributed by atoms with Gasteiger partial charge in [-0.2, -0.15) is 0 Å². The molecule has 18 rings (SSSR count). The Morgan fingerprint density at radius 1 is 0.348 bits per heavy atom. The summed E-state index contributed by atoms with van der Waals surface area (Å²) in [7, 11) is 0. The summed E-state index contributed by atoms with van der Waals surface area (Å²) in [6, 6.07) is 114. The summed E-state index contributed by atoms with van der Waals surface area (Å²) in [5, 5.41) is 0. The second kappa shape index (κ2) is 20.8. The maximum Gasteiger partial charge on any atom is 0.256 e. The molecule has 4 aliphatic rings. The van der Waals surface area contributed by atoms with Gasteiger partial charge in [-0.3, -0.25) is 4.57 Å². The van der Waals surface area contributed by atoms with Crippen LogP contribution >= 0.6 is 11.8 Å². The Balaban J connectivity index is 0.969. The highest BCUT2D eigenvalue weighted by molar-refractivity contribution is 8.00. The number of imidazole rings is 1. The first-order valence-electron chi connectivity index (χ1n) is 30.3. The zero-order valence-electron chi connectivity index (χ0n) is 48.2. The van der Waals surface area contributed by atoms with E-state index in [0.29, 0.717) is 0 Å². The lowest BCUT2D eigenvalue weighted by atomic mass is 9.31. The summed E-state index contributed by atoms with van der Waals surface area (Å²) in [6.07, 6.45) is 0. The first-order valence-corrected chi connectivity index (χ1v) is 31.2. The van der Waals surface area contributed by atoms with Gasteiger partial charge < -0.3 is 24.3 Å². The second-order valence-corrected chi connectivity index (χ2v) is 24.0. The monoisotopic (exact) mass is 1150 g/mol. The van der Waals surface area contributed by atoms with Crippen LogP contribution in [0.4, 0.5) is 68.2 Å². The van der Waals surface area contributed by atoms with Gasteiger partial charge >= 0.3 is 0 Å². The summed E-state index contributed by atoms with van der Waals surface area (Å²) in [4.78, 5) is 17.8. The minimum Gasteiger partial charge on any atom is -0.457 e. The SMILES string of the molecule is c1ccc(N(c2ccccc2)c2cc3c4c(c2)N(c2ccccc2)c2ccccc2B4c2cc4c(c(-c5nc6ccccc6n5-c5ccccc5)c2O3)Sc2cc(N(c3ccccc3)c3ccccc3)cc3c2B4c2ccccc2N3c2ccccc2)cc1.